The topological polar surface area (TPSA) is 24.5 Å². The van der Waals surface area contributed by atoms with Gasteiger partial charge in [-0.05, 0) is 75.6 Å². The van der Waals surface area contributed by atoms with Crippen molar-refractivity contribution in [2.45, 2.75) is 33.7 Å². The summed E-state index contributed by atoms with van der Waals surface area (Å²) in [5, 5.41) is 3.41. The molecule has 0 unspecified atom stereocenters. The van der Waals surface area contributed by atoms with Crippen LogP contribution in [0.1, 0.15) is 32.8 Å². The third kappa shape index (κ3) is 6.68. The highest BCUT2D eigenvalue weighted by atomic mass is 79.9. The highest BCUT2D eigenvalue weighted by Gasteiger charge is 2.09. The van der Waals surface area contributed by atoms with Gasteiger partial charge in [-0.1, -0.05) is 20.8 Å². The van der Waals surface area contributed by atoms with E-state index in [9.17, 15) is 0 Å². The van der Waals surface area contributed by atoms with E-state index in [0.29, 0.717) is 6.61 Å². The molecule has 0 saturated heterocycles. The molecule has 1 N–H and O–H groups in total. The van der Waals surface area contributed by atoms with E-state index in [1.165, 1.54) is 5.56 Å². The fourth-order valence-corrected chi connectivity index (χ4v) is 3.59. The molecule has 1 aromatic rings. The molecular weight excluding hydrogens is 396 g/mol. The van der Waals surface area contributed by atoms with E-state index in [0.717, 1.165) is 53.8 Å². The Morgan fingerprint density at radius 2 is 1.71 bits per heavy atom. The number of ether oxygens (including phenoxy) is 1. The van der Waals surface area contributed by atoms with E-state index in [1.54, 1.807) is 0 Å². The Balaban J connectivity index is 2.58. The first-order chi connectivity index (χ1) is 10.1. The van der Waals surface area contributed by atoms with Gasteiger partial charge in [0.1, 0.15) is 12.4 Å². The molecule has 0 radical (unpaired) electrons. The molecule has 0 amide bonds. The Morgan fingerprint density at radius 1 is 1.10 bits per heavy atom. The number of rotatable bonds is 10. The van der Waals surface area contributed by atoms with Crippen LogP contribution in [0.2, 0.25) is 0 Å². The standard InChI is InChI=1S/C16H26Br2N2O/c1-4-7-19-12-13-10-14(17)16(15(18)11-13)21-9-8-20(5-2)6-3/h10-11,19H,4-9,12H2,1-3H3. The van der Waals surface area contributed by atoms with Crippen LogP contribution in [0.3, 0.4) is 0 Å². The number of likely N-dealkylation sites (N-methyl/N-ethyl adjacent to an activating group) is 1. The molecule has 0 atom stereocenters. The minimum absolute atomic E-state index is 0.701. The maximum absolute atomic E-state index is 5.93. The molecule has 0 aliphatic carbocycles. The summed E-state index contributed by atoms with van der Waals surface area (Å²) in [7, 11) is 0. The first-order valence-corrected chi connectivity index (χ1v) is 9.24. The highest BCUT2D eigenvalue weighted by molar-refractivity contribution is 9.11. The molecule has 0 spiro atoms. The van der Waals surface area contributed by atoms with Crippen molar-refractivity contribution in [1.82, 2.24) is 10.2 Å². The van der Waals surface area contributed by atoms with E-state index in [1.807, 2.05) is 0 Å². The van der Waals surface area contributed by atoms with Gasteiger partial charge < -0.3 is 15.0 Å². The molecule has 0 saturated carbocycles. The van der Waals surface area contributed by atoms with Crippen molar-refractivity contribution >= 4 is 31.9 Å². The van der Waals surface area contributed by atoms with Crippen molar-refractivity contribution < 1.29 is 4.74 Å². The van der Waals surface area contributed by atoms with Gasteiger partial charge in [0.05, 0.1) is 8.95 Å². The molecule has 1 rings (SSSR count). The van der Waals surface area contributed by atoms with Crippen LogP contribution in [-0.4, -0.2) is 37.7 Å². The molecule has 0 heterocycles. The molecule has 0 bridgehead atoms. The van der Waals surface area contributed by atoms with Crippen LogP contribution in [0.5, 0.6) is 5.75 Å². The Hall–Kier alpha value is -0.100. The number of nitrogens with one attached hydrogen (secondary N) is 1. The van der Waals surface area contributed by atoms with Gasteiger partial charge in [-0.3, -0.25) is 0 Å². The van der Waals surface area contributed by atoms with Crippen molar-refractivity contribution in [2.24, 2.45) is 0 Å². The number of nitrogens with zero attached hydrogens (tertiary/aromatic N) is 1. The maximum atomic E-state index is 5.93. The van der Waals surface area contributed by atoms with Crippen LogP contribution < -0.4 is 10.1 Å². The van der Waals surface area contributed by atoms with Crippen molar-refractivity contribution in [3.8, 4) is 5.75 Å². The fraction of sp³-hybridized carbons (Fsp3) is 0.625. The molecule has 0 aliphatic heterocycles. The summed E-state index contributed by atoms with van der Waals surface area (Å²) in [6.07, 6.45) is 1.15. The van der Waals surface area contributed by atoms with Crippen molar-refractivity contribution in [3.05, 3.63) is 26.6 Å². The normalized spacial score (nSPS) is 11.1. The molecule has 3 nitrogen and oxygen atoms in total. The minimum atomic E-state index is 0.701. The van der Waals surface area contributed by atoms with E-state index in [4.69, 9.17) is 4.74 Å². The first kappa shape index (κ1) is 18.9. The molecule has 0 aromatic heterocycles. The van der Waals surface area contributed by atoms with Crippen LogP contribution in [0.25, 0.3) is 0 Å². The van der Waals surface area contributed by atoms with Gasteiger partial charge in [0.15, 0.2) is 0 Å². The van der Waals surface area contributed by atoms with E-state index >= 15 is 0 Å². The third-order valence-corrected chi connectivity index (χ3v) is 4.54. The molecule has 5 heteroatoms. The number of benzene rings is 1. The molecule has 120 valence electrons. The molecule has 1 aromatic carbocycles. The zero-order valence-corrected chi connectivity index (χ0v) is 16.4. The van der Waals surface area contributed by atoms with Crippen LogP contribution in [0.4, 0.5) is 0 Å². The van der Waals surface area contributed by atoms with Crippen molar-refractivity contribution in [1.29, 1.82) is 0 Å². The van der Waals surface area contributed by atoms with Crippen LogP contribution >= 0.6 is 31.9 Å². The van der Waals surface area contributed by atoms with Gasteiger partial charge in [-0.2, -0.15) is 0 Å². The van der Waals surface area contributed by atoms with Crippen molar-refractivity contribution in [3.63, 3.8) is 0 Å². The van der Waals surface area contributed by atoms with Gasteiger partial charge in [-0.25, -0.2) is 0 Å². The lowest BCUT2D eigenvalue weighted by Gasteiger charge is -2.19. The zero-order chi connectivity index (χ0) is 15.7. The summed E-state index contributed by atoms with van der Waals surface area (Å²) >= 11 is 7.22. The molecule has 21 heavy (non-hydrogen) atoms. The second-order valence-electron chi connectivity index (χ2n) is 4.94. The molecular formula is C16H26Br2N2O. The largest absolute Gasteiger partial charge is 0.490 e. The summed E-state index contributed by atoms with van der Waals surface area (Å²) in [6.45, 7) is 12.2. The van der Waals surface area contributed by atoms with Gasteiger partial charge in [0.25, 0.3) is 0 Å². The fourth-order valence-electron chi connectivity index (χ4n) is 2.08. The second kappa shape index (κ2) is 10.6. The quantitative estimate of drug-likeness (QED) is 0.565. The summed E-state index contributed by atoms with van der Waals surface area (Å²) in [4.78, 5) is 2.35. The Morgan fingerprint density at radius 3 is 2.24 bits per heavy atom. The van der Waals surface area contributed by atoms with E-state index in [2.05, 4.69) is 75.0 Å². The number of halogens is 2. The van der Waals surface area contributed by atoms with Crippen LogP contribution in [0, 0.1) is 0 Å². The average molecular weight is 422 g/mol. The van der Waals surface area contributed by atoms with Crippen LogP contribution in [-0.2, 0) is 6.54 Å². The average Bonchev–Trinajstić information content (AvgIpc) is 2.46. The van der Waals surface area contributed by atoms with Gasteiger partial charge >= 0.3 is 0 Å². The monoisotopic (exact) mass is 420 g/mol. The molecule has 0 aliphatic rings. The number of hydrogen-bond donors (Lipinski definition) is 1. The predicted molar refractivity (Wildman–Crippen MR) is 97.1 cm³/mol. The SMILES string of the molecule is CCCNCc1cc(Br)c(OCCN(CC)CC)c(Br)c1. The van der Waals surface area contributed by atoms with Crippen LogP contribution in [0.15, 0.2) is 21.1 Å². The lowest BCUT2D eigenvalue weighted by Crippen LogP contribution is -2.28. The lowest BCUT2D eigenvalue weighted by molar-refractivity contribution is 0.221. The number of hydrogen-bond acceptors (Lipinski definition) is 3. The highest BCUT2D eigenvalue weighted by Crippen LogP contribution is 2.34. The summed E-state index contributed by atoms with van der Waals surface area (Å²) in [6, 6.07) is 4.25. The zero-order valence-electron chi connectivity index (χ0n) is 13.2. The summed E-state index contributed by atoms with van der Waals surface area (Å²) < 4.78 is 7.94. The first-order valence-electron chi connectivity index (χ1n) is 7.66. The Bertz CT molecular complexity index is 400. The maximum Gasteiger partial charge on any atom is 0.147 e. The second-order valence-corrected chi connectivity index (χ2v) is 6.65. The lowest BCUT2D eigenvalue weighted by atomic mass is 10.2. The Labute approximate surface area is 145 Å². The molecule has 0 fully saturated rings. The van der Waals surface area contributed by atoms with Crippen molar-refractivity contribution in [2.75, 3.05) is 32.8 Å². The van der Waals surface area contributed by atoms with E-state index < -0.39 is 0 Å². The predicted octanol–water partition coefficient (Wildman–Crippen LogP) is 4.43. The van der Waals surface area contributed by atoms with Gasteiger partial charge in [-0.15, -0.1) is 0 Å². The van der Waals surface area contributed by atoms with Gasteiger partial charge in [0, 0.05) is 13.1 Å². The smallest absolute Gasteiger partial charge is 0.147 e. The van der Waals surface area contributed by atoms with Gasteiger partial charge in [0.2, 0.25) is 0 Å². The Kier molecular flexibility index (Phi) is 9.56. The summed E-state index contributed by atoms with van der Waals surface area (Å²) in [5.41, 5.74) is 1.25. The third-order valence-electron chi connectivity index (χ3n) is 3.36. The summed E-state index contributed by atoms with van der Waals surface area (Å²) in [5.74, 6) is 0.890. The van der Waals surface area contributed by atoms with E-state index in [-0.39, 0.29) is 0 Å². The minimum Gasteiger partial charge on any atom is -0.490 e.